The zero-order valence-electron chi connectivity index (χ0n) is 9.96. The van der Waals surface area contributed by atoms with Crippen molar-refractivity contribution < 1.29 is 19.7 Å². The fourth-order valence-electron chi connectivity index (χ4n) is 1.46. The third kappa shape index (κ3) is 4.97. The second-order valence-electron chi connectivity index (χ2n) is 3.78. The molecule has 1 aromatic carbocycles. The quantitative estimate of drug-likeness (QED) is 0.343. The van der Waals surface area contributed by atoms with Crippen molar-refractivity contribution in [1.82, 2.24) is 0 Å². The Hall–Kier alpha value is -1.39. The van der Waals surface area contributed by atoms with Crippen LogP contribution in [0.25, 0.3) is 0 Å². The van der Waals surface area contributed by atoms with Crippen molar-refractivity contribution in [2.24, 2.45) is 0 Å². The molecule has 0 aliphatic heterocycles. The first-order chi connectivity index (χ1) is 8.27. The summed E-state index contributed by atoms with van der Waals surface area (Å²) in [6.07, 6.45) is 1.92. The molecule has 1 atom stereocenters. The van der Waals surface area contributed by atoms with E-state index in [9.17, 15) is 4.79 Å². The standard InChI is InChI=1S/C13H18O4/c1-2-12(17-15)9-6-10-16-13(14)11-7-4-3-5-8-11/h3-5,7-8,12,15H,2,6,9-10H2,1H3. The smallest absolute Gasteiger partial charge is 0.338 e. The summed E-state index contributed by atoms with van der Waals surface area (Å²) in [5.41, 5.74) is 0.554. The molecule has 0 aliphatic carbocycles. The highest BCUT2D eigenvalue weighted by Crippen LogP contribution is 2.06. The van der Waals surface area contributed by atoms with E-state index in [0.717, 1.165) is 6.42 Å². The SMILES string of the molecule is CCC(CCCOC(=O)c1ccccc1)OO. The molecule has 0 aromatic heterocycles. The lowest BCUT2D eigenvalue weighted by Gasteiger charge is -2.10. The minimum atomic E-state index is -0.316. The lowest BCUT2D eigenvalue weighted by Crippen LogP contribution is -2.12. The Morgan fingerprint density at radius 1 is 1.35 bits per heavy atom. The van der Waals surface area contributed by atoms with Gasteiger partial charge in [0.2, 0.25) is 0 Å². The summed E-state index contributed by atoms with van der Waals surface area (Å²) in [4.78, 5) is 15.8. The average molecular weight is 238 g/mol. The molecule has 1 N–H and O–H groups in total. The fourth-order valence-corrected chi connectivity index (χ4v) is 1.46. The van der Waals surface area contributed by atoms with Gasteiger partial charge >= 0.3 is 5.97 Å². The van der Waals surface area contributed by atoms with Crippen molar-refractivity contribution in [2.45, 2.75) is 32.3 Å². The van der Waals surface area contributed by atoms with E-state index < -0.39 is 0 Å². The van der Waals surface area contributed by atoms with Gasteiger partial charge in [0, 0.05) is 0 Å². The van der Waals surface area contributed by atoms with Gasteiger partial charge in [0.15, 0.2) is 0 Å². The molecular formula is C13H18O4. The Balaban J connectivity index is 2.21. The zero-order valence-corrected chi connectivity index (χ0v) is 9.96. The van der Waals surface area contributed by atoms with Crippen LogP contribution in [-0.4, -0.2) is 23.9 Å². The van der Waals surface area contributed by atoms with Crippen molar-refractivity contribution in [1.29, 1.82) is 0 Å². The van der Waals surface area contributed by atoms with Gasteiger partial charge in [-0.25, -0.2) is 9.68 Å². The largest absolute Gasteiger partial charge is 0.462 e. The van der Waals surface area contributed by atoms with Crippen LogP contribution in [0.1, 0.15) is 36.5 Å². The number of carbonyl (C=O) groups is 1. The number of rotatable bonds is 7. The number of ether oxygens (including phenoxy) is 1. The Kier molecular flexibility index (Phi) is 6.29. The van der Waals surface area contributed by atoms with Gasteiger partial charge in [-0.3, -0.25) is 5.26 Å². The van der Waals surface area contributed by atoms with Crippen molar-refractivity contribution in [2.75, 3.05) is 6.61 Å². The third-order valence-electron chi connectivity index (χ3n) is 2.52. The first-order valence-corrected chi connectivity index (χ1v) is 5.80. The molecule has 0 aliphatic rings. The fraction of sp³-hybridized carbons (Fsp3) is 0.462. The molecule has 0 saturated carbocycles. The van der Waals surface area contributed by atoms with Crippen molar-refractivity contribution >= 4 is 5.97 Å². The monoisotopic (exact) mass is 238 g/mol. The molecule has 0 heterocycles. The predicted molar refractivity (Wildman–Crippen MR) is 63.8 cm³/mol. The van der Waals surface area contributed by atoms with Gasteiger partial charge in [-0.05, 0) is 31.4 Å². The normalized spacial score (nSPS) is 12.1. The highest BCUT2D eigenvalue weighted by Gasteiger charge is 2.08. The molecule has 94 valence electrons. The van der Waals surface area contributed by atoms with Crippen molar-refractivity contribution in [3.63, 3.8) is 0 Å². The van der Waals surface area contributed by atoms with Gasteiger partial charge < -0.3 is 4.74 Å². The molecule has 1 aromatic rings. The van der Waals surface area contributed by atoms with Crippen LogP contribution < -0.4 is 0 Å². The molecule has 0 bridgehead atoms. The minimum absolute atomic E-state index is 0.176. The molecular weight excluding hydrogens is 220 g/mol. The number of hydrogen-bond acceptors (Lipinski definition) is 4. The molecule has 0 spiro atoms. The summed E-state index contributed by atoms with van der Waals surface area (Å²) in [6, 6.07) is 8.87. The summed E-state index contributed by atoms with van der Waals surface area (Å²) >= 11 is 0. The van der Waals surface area contributed by atoms with E-state index in [1.807, 2.05) is 13.0 Å². The molecule has 0 radical (unpaired) electrons. The topological polar surface area (TPSA) is 55.8 Å². The van der Waals surface area contributed by atoms with Crippen LogP contribution in [0.4, 0.5) is 0 Å². The lowest BCUT2D eigenvalue weighted by atomic mass is 10.1. The highest BCUT2D eigenvalue weighted by atomic mass is 17.1. The summed E-state index contributed by atoms with van der Waals surface area (Å²) in [5, 5.41) is 8.50. The molecule has 0 amide bonds. The van der Waals surface area contributed by atoms with Gasteiger partial charge in [0.05, 0.1) is 18.3 Å². The van der Waals surface area contributed by atoms with Gasteiger partial charge in [0.25, 0.3) is 0 Å². The first kappa shape index (κ1) is 13.7. The Morgan fingerprint density at radius 3 is 2.65 bits per heavy atom. The van der Waals surface area contributed by atoms with Crippen LogP contribution in [0, 0.1) is 0 Å². The zero-order chi connectivity index (χ0) is 12.5. The van der Waals surface area contributed by atoms with Crippen LogP contribution in [-0.2, 0) is 9.62 Å². The number of esters is 1. The van der Waals surface area contributed by atoms with Gasteiger partial charge in [-0.1, -0.05) is 25.1 Å². The molecule has 17 heavy (non-hydrogen) atoms. The van der Waals surface area contributed by atoms with E-state index >= 15 is 0 Å². The molecule has 0 saturated heterocycles. The van der Waals surface area contributed by atoms with Crippen LogP contribution in [0.3, 0.4) is 0 Å². The summed E-state index contributed by atoms with van der Waals surface area (Å²) in [5.74, 6) is -0.316. The van der Waals surface area contributed by atoms with E-state index in [1.54, 1.807) is 24.3 Å². The second kappa shape index (κ2) is 7.81. The minimum Gasteiger partial charge on any atom is -0.462 e. The molecule has 1 rings (SSSR count). The van der Waals surface area contributed by atoms with E-state index in [0.29, 0.717) is 25.0 Å². The molecule has 4 heteroatoms. The highest BCUT2D eigenvalue weighted by molar-refractivity contribution is 5.89. The van der Waals surface area contributed by atoms with Crippen molar-refractivity contribution in [3.05, 3.63) is 35.9 Å². The van der Waals surface area contributed by atoms with E-state index in [2.05, 4.69) is 4.89 Å². The van der Waals surface area contributed by atoms with Crippen LogP contribution in [0.15, 0.2) is 30.3 Å². The van der Waals surface area contributed by atoms with Gasteiger partial charge in [-0.15, -0.1) is 0 Å². The maximum atomic E-state index is 11.5. The molecule has 1 unspecified atom stereocenters. The number of hydrogen-bond donors (Lipinski definition) is 1. The summed E-state index contributed by atoms with van der Waals surface area (Å²) in [6.45, 7) is 2.27. The number of benzene rings is 1. The van der Waals surface area contributed by atoms with Gasteiger partial charge in [-0.2, -0.15) is 0 Å². The second-order valence-corrected chi connectivity index (χ2v) is 3.78. The Labute approximate surface area is 101 Å². The Morgan fingerprint density at radius 2 is 2.06 bits per heavy atom. The van der Waals surface area contributed by atoms with Crippen LogP contribution in [0.2, 0.25) is 0 Å². The maximum Gasteiger partial charge on any atom is 0.338 e. The number of carbonyl (C=O) groups excluding carboxylic acids is 1. The van der Waals surface area contributed by atoms with E-state index in [1.165, 1.54) is 0 Å². The first-order valence-electron chi connectivity index (χ1n) is 5.80. The van der Waals surface area contributed by atoms with Crippen LogP contribution >= 0.6 is 0 Å². The average Bonchev–Trinajstić information content (AvgIpc) is 2.40. The Bertz CT molecular complexity index is 319. The predicted octanol–water partition coefficient (Wildman–Crippen LogP) is 2.89. The van der Waals surface area contributed by atoms with Gasteiger partial charge in [0.1, 0.15) is 0 Å². The third-order valence-corrected chi connectivity index (χ3v) is 2.52. The summed E-state index contributed by atoms with van der Waals surface area (Å²) < 4.78 is 5.09. The molecule has 4 nitrogen and oxygen atoms in total. The maximum absolute atomic E-state index is 11.5. The van der Waals surface area contributed by atoms with Crippen LogP contribution in [0.5, 0.6) is 0 Å². The molecule has 0 fully saturated rings. The lowest BCUT2D eigenvalue weighted by molar-refractivity contribution is -0.280. The van der Waals surface area contributed by atoms with Crippen molar-refractivity contribution in [3.8, 4) is 0 Å². The van der Waals surface area contributed by atoms with E-state index in [4.69, 9.17) is 9.99 Å². The van der Waals surface area contributed by atoms with E-state index in [-0.39, 0.29) is 12.1 Å². The summed E-state index contributed by atoms with van der Waals surface area (Å²) in [7, 11) is 0.